The van der Waals surface area contributed by atoms with Crippen LogP contribution in [-0.4, -0.2) is 23.3 Å². The molecular formula is C15H16N4O2. The molecule has 0 fully saturated rings. The van der Waals surface area contributed by atoms with Crippen molar-refractivity contribution in [3.63, 3.8) is 0 Å². The first kappa shape index (κ1) is 14.5. The van der Waals surface area contributed by atoms with Crippen LogP contribution < -0.4 is 16.4 Å². The van der Waals surface area contributed by atoms with Gasteiger partial charge in [-0.05, 0) is 43.3 Å². The molecule has 21 heavy (non-hydrogen) atoms. The van der Waals surface area contributed by atoms with Crippen molar-refractivity contribution in [2.75, 3.05) is 17.6 Å². The predicted octanol–water partition coefficient (Wildman–Crippen LogP) is 1.67. The maximum atomic E-state index is 12.0. The number of anilines is 2. The lowest BCUT2D eigenvalue weighted by molar-refractivity contribution is 0.0955. The fraction of sp³-hybridized carbons (Fsp3) is 0.133. The van der Waals surface area contributed by atoms with E-state index in [1.165, 1.54) is 6.20 Å². The third-order valence-corrected chi connectivity index (χ3v) is 2.80. The van der Waals surface area contributed by atoms with Crippen LogP contribution in [0.2, 0.25) is 0 Å². The van der Waals surface area contributed by atoms with Gasteiger partial charge in [-0.2, -0.15) is 0 Å². The third kappa shape index (κ3) is 3.56. The zero-order valence-electron chi connectivity index (χ0n) is 11.6. The number of hydrogen-bond donors (Lipinski definition) is 3. The highest BCUT2D eigenvalue weighted by Crippen LogP contribution is 2.13. The van der Waals surface area contributed by atoms with E-state index in [9.17, 15) is 9.59 Å². The molecule has 6 nitrogen and oxygen atoms in total. The van der Waals surface area contributed by atoms with Gasteiger partial charge in [-0.15, -0.1) is 0 Å². The van der Waals surface area contributed by atoms with E-state index in [0.29, 0.717) is 23.5 Å². The summed E-state index contributed by atoms with van der Waals surface area (Å²) in [6.07, 6.45) is 1.50. The number of carbonyl (C=O) groups is 2. The van der Waals surface area contributed by atoms with Crippen LogP contribution in [0.25, 0.3) is 0 Å². The molecule has 0 aliphatic rings. The maximum Gasteiger partial charge on any atom is 0.276 e. The number of nitrogens with two attached hydrogens (primary N) is 1. The van der Waals surface area contributed by atoms with Gasteiger partial charge in [0, 0.05) is 24.0 Å². The van der Waals surface area contributed by atoms with E-state index in [1.54, 1.807) is 36.4 Å². The topological polar surface area (TPSA) is 97.1 Å². The van der Waals surface area contributed by atoms with Crippen molar-refractivity contribution in [1.82, 2.24) is 10.3 Å². The highest BCUT2D eigenvalue weighted by Gasteiger charge is 2.11. The Hall–Kier alpha value is -2.89. The summed E-state index contributed by atoms with van der Waals surface area (Å²) < 4.78 is 0. The molecule has 0 bridgehead atoms. The minimum absolute atomic E-state index is 0.149. The second-order valence-electron chi connectivity index (χ2n) is 4.33. The lowest BCUT2D eigenvalue weighted by atomic mass is 10.2. The monoisotopic (exact) mass is 284 g/mol. The Bertz CT molecular complexity index is 653. The number of amides is 2. The van der Waals surface area contributed by atoms with Gasteiger partial charge in [0.25, 0.3) is 11.8 Å². The Morgan fingerprint density at radius 3 is 2.48 bits per heavy atom. The van der Waals surface area contributed by atoms with Crippen molar-refractivity contribution in [1.29, 1.82) is 0 Å². The first-order chi connectivity index (χ1) is 10.1. The normalized spacial score (nSPS) is 9.95. The van der Waals surface area contributed by atoms with Gasteiger partial charge in [0.05, 0.1) is 5.69 Å². The van der Waals surface area contributed by atoms with E-state index >= 15 is 0 Å². The summed E-state index contributed by atoms with van der Waals surface area (Å²) in [5.41, 5.74) is 7.28. The predicted molar refractivity (Wildman–Crippen MR) is 81.1 cm³/mol. The van der Waals surface area contributed by atoms with E-state index < -0.39 is 0 Å². The van der Waals surface area contributed by atoms with Crippen molar-refractivity contribution in [2.45, 2.75) is 6.92 Å². The van der Waals surface area contributed by atoms with Crippen molar-refractivity contribution in [2.24, 2.45) is 0 Å². The number of nitrogens with zero attached hydrogens (tertiary/aromatic N) is 1. The lowest BCUT2D eigenvalue weighted by Crippen LogP contribution is -2.22. The fourth-order valence-electron chi connectivity index (χ4n) is 1.77. The van der Waals surface area contributed by atoms with Gasteiger partial charge >= 0.3 is 0 Å². The molecule has 0 unspecified atom stereocenters. The molecule has 2 amide bonds. The molecule has 2 rings (SSSR count). The second kappa shape index (κ2) is 6.51. The maximum absolute atomic E-state index is 12.0. The highest BCUT2D eigenvalue weighted by molar-refractivity contribution is 6.06. The average molecular weight is 284 g/mol. The van der Waals surface area contributed by atoms with Crippen molar-refractivity contribution in [3.05, 3.63) is 53.9 Å². The Morgan fingerprint density at radius 2 is 1.86 bits per heavy atom. The van der Waals surface area contributed by atoms with Crippen LogP contribution in [0.15, 0.2) is 42.6 Å². The zero-order chi connectivity index (χ0) is 15.2. The zero-order valence-corrected chi connectivity index (χ0v) is 11.6. The minimum Gasteiger partial charge on any atom is -0.397 e. The molecule has 0 radical (unpaired) electrons. The van der Waals surface area contributed by atoms with Gasteiger partial charge in [0.1, 0.15) is 0 Å². The second-order valence-corrected chi connectivity index (χ2v) is 4.33. The molecule has 0 aliphatic carbocycles. The quantitative estimate of drug-likeness (QED) is 0.795. The molecular weight excluding hydrogens is 268 g/mol. The Morgan fingerprint density at radius 1 is 1.14 bits per heavy atom. The SMILES string of the molecule is CCNC(=O)c1ccc(NC(=O)c2ncccc2N)cc1. The number of nitrogen functional groups attached to an aromatic ring is 1. The number of aromatic nitrogens is 1. The first-order valence-electron chi connectivity index (χ1n) is 6.52. The van der Waals surface area contributed by atoms with Gasteiger partial charge in [-0.25, -0.2) is 4.98 Å². The van der Waals surface area contributed by atoms with Crippen LogP contribution in [0.4, 0.5) is 11.4 Å². The molecule has 6 heteroatoms. The van der Waals surface area contributed by atoms with E-state index in [4.69, 9.17) is 5.73 Å². The Kier molecular flexibility index (Phi) is 4.50. The van der Waals surface area contributed by atoms with Crippen molar-refractivity contribution < 1.29 is 9.59 Å². The van der Waals surface area contributed by atoms with E-state index in [2.05, 4.69) is 15.6 Å². The summed E-state index contributed by atoms with van der Waals surface area (Å²) in [5.74, 6) is -0.539. The van der Waals surface area contributed by atoms with Crippen LogP contribution in [0.1, 0.15) is 27.8 Å². The molecule has 1 aromatic carbocycles. The lowest BCUT2D eigenvalue weighted by Gasteiger charge is -2.07. The van der Waals surface area contributed by atoms with E-state index in [-0.39, 0.29) is 17.5 Å². The van der Waals surface area contributed by atoms with E-state index in [0.717, 1.165) is 0 Å². The number of carbonyl (C=O) groups excluding carboxylic acids is 2. The molecule has 1 heterocycles. The van der Waals surface area contributed by atoms with Gasteiger partial charge in [-0.3, -0.25) is 9.59 Å². The molecule has 0 aliphatic heterocycles. The Balaban J connectivity index is 2.09. The molecule has 0 spiro atoms. The van der Waals surface area contributed by atoms with Crippen LogP contribution in [0.3, 0.4) is 0 Å². The van der Waals surface area contributed by atoms with Gasteiger partial charge in [-0.1, -0.05) is 0 Å². The third-order valence-electron chi connectivity index (χ3n) is 2.80. The van der Waals surface area contributed by atoms with Gasteiger partial charge < -0.3 is 16.4 Å². The smallest absolute Gasteiger partial charge is 0.276 e. The number of rotatable bonds is 4. The molecule has 108 valence electrons. The van der Waals surface area contributed by atoms with Crippen molar-refractivity contribution >= 4 is 23.2 Å². The molecule has 2 aromatic rings. The fourth-order valence-corrected chi connectivity index (χ4v) is 1.77. The van der Waals surface area contributed by atoms with Crippen LogP contribution in [-0.2, 0) is 0 Å². The van der Waals surface area contributed by atoms with Crippen LogP contribution in [0, 0.1) is 0 Å². The highest BCUT2D eigenvalue weighted by atomic mass is 16.2. The van der Waals surface area contributed by atoms with E-state index in [1.807, 2.05) is 6.92 Å². The number of hydrogen-bond acceptors (Lipinski definition) is 4. The minimum atomic E-state index is -0.390. The summed E-state index contributed by atoms with van der Waals surface area (Å²) in [6, 6.07) is 9.86. The summed E-state index contributed by atoms with van der Waals surface area (Å²) in [6.45, 7) is 2.42. The van der Waals surface area contributed by atoms with Crippen molar-refractivity contribution in [3.8, 4) is 0 Å². The molecule has 1 aromatic heterocycles. The number of benzene rings is 1. The standard InChI is InChI=1S/C15H16N4O2/c1-2-17-14(20)10-5-7-11(8-6-10)19-15(21)13-12(16)4-3-9-18-13/h3-9H,2,16H2,1H3,(H,17,20)(H,19,21). The number of pyridine rings is 1. The van der Waals surface area contributed by atoms with Gasteiger partial charge in [0.2, 0.25) is 0 Å². The first-order valence-corrected chi connectivity index (χ1v) is 6.52. The molecule has 4 N–H and O–H groups in total. The Labute approximate surface area is 122 Å². The molecule has 0 atom stereocenters. The van der Waals surface area contributed by atoms with Gasteiger partial charge in [0.15, 0.2) is 5.69 Å². The summed E-state index contributed by atoms with van der Waals surface area (Å²) >= 11 is 0. The molecule has 0 saturated carbocycles. The largest absolute Gasteiger partial charge is 0.397 e. The summed E-state index contributed by atoms with van der Waals surface area (Å²) in [5, 5.41) is 5.39. The number of nitrogens with one attached hydrogen (secondary N) is 2. The summed E-state index contributed by atoms with van der Waals surface area (Å²) in [4.78, 5) is 27.6. The summed E-state index contributed by atoms with van der Waals surface area (Å²) in [7, 11) is 0. The average Bonchev–Trinajstić information content (AvgIpc) is 2.48. The van der Waals surface area contributed by atoms with Crippen LogP contribution >= 0.6 is 0 Å². The van der Waals surface area contributed by atoms with Crippen LogP contribution in [0.5, 0.6) is 0 Å². The molecule has 0 saturated heterocycles.